The van der Waals surface area contributed by atoms with Crippen LogP contribution in [0.1, 0.15) is 5.56 Å². The summed E-state index contributed by atoms with van der Waals surface area (Å²) in [5, 5.41) is 9.73. The summed E-state index contributed by atoms with van der Waals surface area (Å²) in [4.78, 5) is 11.3. The highest BCUT2D eigenvalue weighted by Crippen LogP contribution is 2.26. The van der Waals surface area contributed by atoms with Crippen molar-refractivity contribution >= 4 is 17.6 Å². The fourth-order valence-corrected chi connectivity index (χ4v) is 2.17. The van der Waals surface area contributed by atoms with Crippen LogP contribution in [-0.2, 0) is 11.2 Å². The molecule has 0 unspecified atom stereocenters. The predicted octanol–water partition coefficient (Wildman–Crippen LogP) is 3.42. The molecule has 2 aromatic carbocycles. The number of rotatable bonds is 6. The summed E-state index contributed by atoms with van der Waals surface area (Å²) in [6.07, 6.45) is -0.759. The SMILES string of the molecule is COc1ccc(C[C@@H](Oc2ccccc2)C(=O)O)cc1Cl. The minimum Gasteiger partial charge on any atom is -0.495 e. The molecule has 0 heterocycles. The molecule has 0 aliphatic heterocycles. The molecule has 0 spiro atoms. The van der Waals surface area contributed by atoms with Gasteiger partial charge in [0.1, 0.15) is 11.5 Å². The summed E-state index contributed by atoms with van der Waals surface area (Å²) < 4.78 is 10.6. The number of hydrogen-bond acceptors (Lipinski definition) is 3. The first kappa shape index (κ1) is 15.2. The Morgan fingerprint density at radius 2 is 1.95 bits per heavy atom. The highest BCUT2D eigenvalue weighted by molar-refractivity contribution is 6.32. The molecule has 0 aliphatic rings. The van der Waals surface area contributed by atoms with Crippen LogP contribution in [0.5, 0.6) is 11.5 Å². The van der Waals surface area contributed by atoms with Gasteiger partial charge in [0.2, 0.25) is 0 Å². The van der Waals surface area contributed by atoms with Gasteiger partial charge in [-0.2, -0.15) is 0 Å². The molecule has 1 N–H and O–H groups in total. The second-order valence-corrected chi connectivity index (χ2v) is 4.84. The van der Waals surface area contributed by atoms with Gasteiger partial charge in [0, 0.05) is 6.42 Å². The average Bonchev–Trinajstić information content (AvgIpc) is 2.48. The first-order valence-corrected chi connectivity index (χ1v) is 6.75. The van der Waals surface area contributed by atoms with Crippen molar-refractivity contribution in [1.82, 2.24) is 0 Å². The molecule has 2 aromatic rings. The second-order valence-electron chi connectivity index (χ2n) is 4.43. The van der Waals surface area contributed by atoms with E-state index in [1.165, 1.54) is 7.11 Å². The molecule has 0 amide bonds. The van der Waals surface area contributed by atoms with E-state index in [0.717, 1.165) is 5.56 Å². The molecule has 0 aliphatic carbocycles. The lowest BCUT2D eigenvalue weighted by Crippen LogP contribution is -2.29. The Morgan fingerprint density at radius 3 is 2.52 bits per heavy atom. The summed E-state index contributed by atoms with van der Waals surface area (Å²) in [5.74, 6) is 0.0478. The van der Waals surface area contributed by atoms with Crippen LogP contribution in [0.2, 0.25) is 5.02 Å². The van der Waals surface area contributed by atoms with Crippen molar-refractivity contribution < 1.29 is 19.4 Å². The van der Waals surface area contributed by atoms with Gasteiger partial charge in [-0.3, -0.25) is 0 Å². The van der Waals surface area contributed by atoms with Crippen molar-refractivity contribution in [3.05, 3.63) is 59.1 Å². The lowest BCUT2D eigenvalue weighted by atomic mass is 10.1. The van der Waals surface area contributed by atoms with Crippen LogP contribution < -0.4 is 9.47 Å². The van der Waals surface area contributed by atoms with Crippen LogP contribution in [0.4, 0.5) is 0 Å². The van der Waals surface area contributed by atoms with E-state index < -0.39 is 12.1 Å². The van der Waals surface area contributed by atoms with Crippen LogP contribution in [0.15, 0.2) is 48.5 Å². The number of carboxylic acid groups (broad SMARTS) is 1. The Morgan fingerprint density at radius 1 is 1.24 bits per heavy atom. The van der Waals surface area contributed by atoms with Crippen molar-refractivity contribution in [3.8, 4) is 11.5 Å². The number of halogens is 1. The molecule has 0 saturated carbocycles. The van der Waals surface area contributed by atoms with E-state index in [9.17, 15) is 9.90 Å². The number of carbonyl (C=O) groups is 1. The quantitative estimate of drug-likeness (QED) is 0.888. The van der Waals surface area contributed by atoms with Crippen LogP contribution >= 0.6 is 11.6 Å². The van der Waals surface area contributed by atoms with Crippen molar-refractivity contribution in [2.24, 2.45) is 0 Å². The summed E-state index contributed by atoms with van der Waals surface area (Å²) in [6, 6.07) is 14.0. The molecule has 21 heavy (non-hydrogen) atoms. The number of para-hydroxylation sites is 1. The molecule has 1 atom stereocenters. The lowest BCUT2D eigenvalue weighted by molar-refractivity contribution is -0.145. The number of benzene rings is 2. The van der Waals surface area contributed by atoms with Crippen LogP contribution in [0.3, 0.4) is 0 Å². The number of carboxylic acids is 1. The third kappa shape index (κ3) is 4.13. The molecular weight excluding hydrogens is 292 g/mol. The zero-order valence-electron chi connectivity index (χ0n) is 11.5. The van der Waals surface area contributed by atoms with Crippen LogP contribution in [-0.4, -0.2) is 24.3 Å². The summed E-state index contributed by atoms with van der Waals surface area (Å²) in [6.45, 7) is 0. The third-order valence-electron chi connectivity index (χ3n) is 2.93. The standard InChI is InChI=1S/C16H15ClO4/c1-20-14-8-7-11(9-13(14)17)10-15(16(18)19)21-12-5-3-2-4-6-12/h2-9,15H,10H2,1H3,(H,18,19)/t15-/m1/s1. The summed E-state index contributed by atoms with van der Waals surface area (Å²) in [5.41, 5.74) is 0.768. The Hall–Kier alpha value is -2.20. The van der Waals surface area contributed by atoms with Gasteiger partial charge >= 0.3 is 5.97 Å². The number of ether oxygens (including phenoxy) is 2. The van der Waals surface area contributed by atoms with Gasteiger partial charge < -0.3 is 14.6 Å². The Kier molecular flexibility index (Phi) is 5.06. The average molecular weight is 307 g/mol. The van der Waals surface area contributed by atoms with Gasteiger partial charge in [0.05, 0.1) is 12.1 Å². The van der Waals surface area contributed by atoms with E-state index in [2.05, 4.69) is 0 Å². The lowest BCUT2D eigenvalue weighted by Gasteiger charge is -2.15. The Balaban J connectivity index is 2.13. The predicted molar refractivity (Wildman–Crippen MR) is 80.2 cm³/mol. The summed E-state index contributed by atoms with van der Waals surface area (Å²) in [7, 11) is 1.53. The van der Waals surface area contributed by atoms with E-state index in [0.29, 0.717) is 16.5 Å². The first-order chi connectivity index (χ1) is 10.1. The van der Waals surface area contributed by atoms with Gasteiger partial charge in [-0.1, -0.05) is 35.9 Å². The van der Waals surface area contributed by atoms with E-state index in [1.807, 2.05) is 6.07 Å². The van der Waals surface area contributed by atoms with Crippen molar-refractivity contribution in [2.45, 2.75) is 12.5 Å². The molecule has 0 radical (unpaired) electrons. The molecule has 0 aromatic heterocycles. The van der Waals surface area contributed by atoms with Crippen molar-refractivity contribution in [3.63, 3.8) is 0 Å². The van der Waals surface area contributed by atoms with Gasteiger partial charge in [-0.25, -0.2) is 4.79 Å². The molecule has 0 fully saturated rings. The van der Waals surface area contributed by atoms with E-state index in [1.54, 1.807) is 42.5 Å². The number of methoxy groups -OCH3 is 1. The highest BCUT2D eigenvalue weighted by Gasteiger charge is 2.20. The molecule has 5 heteroatoms. The minimum absolute atomic E-state index is 0.216. The zero-order valence-corrected chi connectivity index (χ0v) is 12.2. The smallest absolute Gasteiger partial charge is 0.345 e. The fourth-order valence-electron chi connectivity index (χ4n) is 1.89. The van der Waals surface area contributed by atoms with Crippen LogP contribution in [0.25, 0.3) is 0 Å². The minimum atomic E-state index is -1.02. The van der Waals surface area contributed by atoms with E-state index >= 15 is 0 Å². The van der Waals surface area contributed by atoms with Gasteiger partial charge in [-0.15, -0.1) is 0 Å². The molecule has 2 rings (SSSR count). The molecular formula is C16H15ClO4. The molecule has 110 valence electrons. The highest BCUT2D eigenvalue weighted by atomic mass is 35.5. The third-order valence-corrected chi connectivity index (χ3v) is 3.23. The molecule has 4 nitrogen and oxygen atoms in total. The van der Waals surface area contributed by atoms with E-state index in [4.69, 9.17) is 21.1 Å². The maximum Gasteiger partial charge on any atom is 0.345 e. The van der Waals surface area contributed by atoms with E-state index in [-0.39, 0.29) is 6.42 Å². The summed E-state index contributed by atoms with van der Waals surface area (Å²) >= 11 is 6.04. The maximum absolute atomic E-state index is 11.3. The van der Waals surface area contributed by atoms with Crippen molar-refractivity contribution in [2.75, 3.05) is 7.11 Å². The van der Waals surface area contributed by atoms with Gasteiger partial charge in [0.15, 0.2) is 6.10 Å². The Labute approximate surface area is 127 Å². The first-order valence-electron chi connectivity index (χ1n) is 6.37. The van der Waals surface area contributed by atoms with Gasteiger partial charge in [-0.05, 0) is 29.8 Å². The van der Waals surface area contributed by atoms with Crippen molar-refractivity contribution in [1.29, 1.82) is 0 Å². The normalized spacial score (nSPS) is 11.7. The number of hydrogen-bond donors (Lipinski definition) is 1. The monoisotopic (exact) mass is 306 g/mol. The zero-order chi connectivity index (χ0) is 15.2. The molecule has 0 bridgehead atoms. The van der Waals surface area contributed by atoms with Gasteiger partial charge in [0.25, 0.3) is 0 Å². The number of aliphatic carboxylic acids is 1. The Bertz CT molecular complexity index is 613. The molecule has 0 saturated heterocycles. The maximum atomic E-state index is 11.3. The largest absolute Gasteiger partial charge is 0.495 e. The second kappa shape index (κ2) is 6.99. The fraction of sp³-hybridized carbons (Fsp3) is 0.188. The van der Waals surface area contributed by atoms with Crippen LogP contribution in [0, 0.1) is 0 Å². The topological polar surface area (TPSA) is 55.8 Å².